The Morgan fingerprint density at radius 2 is 1.48 bits per heavy atom. The van der Waals surface area contributed by atoms with Gasteiger partial charge in [-0.3, -0.25) is 9.59 Å². The van der Waals surface area contributed by atoms with Crippen LogP contribution in [0.1, 0.15) is 17.3 Å². The Hall–Kier alpha value is -2.28. The summed E-state index contributed by atoms with van der Waals surface area (Å²) in [6, 6.07) is 4.57. The van der Waals surface area contributed by atoms with Crippen molar-refractivity contribution in [2.75, 3.05) is 40.4 Å². The normalized spacial score (nSPS) is 16.0. The van der Waals surface area contributed by atoms with E-state index in [-0.39, 0.29) is 11.8 Å². The number of nitrogens with zero attached hydrogens (tertiary/aromatic N) is 2. The van der Waals surface area contributed by atoms with Crippen LogP contribution >= 0.6 is 0 Å². The van der Waals surface area contributed by atoms with Crippen LogP contribution in [0.4, 0.5) is 0 Å². The van der Waals surface area contributed by atoms with Crippen molar-refractivity contribution in [3.05, 3.63) is 23.8 Å². The Morgan fingerprint density at radius 3 is 1.91 bits per heavy atom. The Morgan fingerprint density at radius 1 is 1.00 bits per heavy atom. The molecule has 1 atom stereocenters. The smallest absolute Gasteiger partial charge is 0.254 e. The third-order valence-electron chi connectivity index (χ3n) is 3.87. The van der Waals surface area contributed by atoms with Crippen LogP contribution < -0.4 is 15.2 Å². The second-order valence-corrected chi connectivity index (χ2v) is 5.51. The molecule has 1 unspecified atom stereocenters. The summed E-state index contributed by atoms with van der Waals surface area (Å²) in [5, 5.41) is 0. The van der Waals surface area contributed by atoms with Crippen LogP contribution in [-0.2, 0) is 4.79 Å². The molecule has 0 saturated carbocycles. The fourth-order valence-electron chi connectivity index (χ4n) is 2.53. The van der Waals surface area contributed by atoms with Gasteiger partial charge in [0.25, 0.3) is 5.91 Å². The van der Waals surface area contributed by atoms with Crippen LogP contribution in [0, 0.1) is 0 Å². The van der Waals surface area contributed by atoms with Crippen LogP contribution in [0.5, 0.6) is 11.5 Å². The molecule has 2 amide bonds. The summed E-state index contributed by atoms with van der Waals surface area (Å²) in [4.78, 5) is 27.9. The molecule has 0 aromatic heterocycles. The van der Waals surface area contributed by atoms with Gasteiger partial charge in [0.05, 0.1) is 20.3 Å². The third kappa shape index (κ3) is 3.92. The highest BCUT2D eigenvalue weighted by atomic mass is 16.5. The number of hydrogen-bond donors (Lipinski definition) is 1. The van der Waals surface area contributed by atoms with Gasteiger partial charge in [0, 0.05) is 37.8 Å². The first-order chi connectivity index (χ1) is 11.0. The number of hydrogen-bond acceptors (Lipinski definition) is 5. The van der Waals surface area contributed by atoms with E-state index in [1.165, 1.54) is 0 Å². The lowest BCUT2D eigenvalue weighted by Gasteiger charge is -2.35. The summed E-state index contributed by atoms with van der Waals surface area (Å²) in [6.45, 7) is 3.62. The van der Waals surface area contributed by atoms with E-state index in [9.17, 15) is 9.59 Å². The average molecular weight is 321 g/mol. The van der Waals surface area contributed by atoms with Crippen molar-refractivity contribution in [1.82, 2.24) is 9.80 Å². The lowest BCUT2D eigenvalue weighted by Crippen LogP contribution is -2.53. The van der Waals surface area contributed by atoms with Crippen molar-refractivity contribution in [3.8, 4) is 11.5 Å². The fourth-order valence-corrected chi connectivity index (χ4v) is 2.53. The summed E-state index contributed by atoms with van der Waals surface area (Å²) in [5.41, 5.74) is 6.12. The van der Waals surface area contributed by atoms with E-state index >= 15 is 0 Å². The molecule has 1 aliphatic rings. The Labute approximate surface area is 135 Å². The van der Waals surface area contributed by atoms with Crippen LogP contribution in [0.3, 0.4) is 0 Å². The van der Waals surface area contributed by atoms with Gasteiger partial charge in [-0.2, -0.15) is 0 Å². The van der Waals surface area contributed by atoms with Gasteiger partial charge in [-0.25, -0.2) is 0 Å². The summed E-state index contributed by atoms with van der Waals surface area (Å²) < 4.78 is 10.4. The highest BCUT2D eigenvalue weighted by Crippen LogP contribution is 2.23. The largest absolute Gasteiger partial charge is 0.497 e. The second kappa shape index (κ2) is 7.32. The van der Waals surface area contributed by atoms with Crippen molar-refractivity contribution in [2.45, 2.75) is 13.0 Å². The van der Waals surface area contributed by atoms with Crippen molar-refractivity contribution >= 4 is 11.8 Å². The Balaban J connectivity index is 2.06. The highest BCUT2D eigenvalue weighted by Gasteiger charge is 2.26. The highest BCUT2D eigenvalue weighted by molar-refractivity contribution is 5.95. The Kier molecular flexibility index (Phi) is 5.44. The molecule has 7 nitrogen and oxygen atoms in total. The minimum Gasteiger partial charge on any atom is -0.497 e. The third-order valence-corrected chi connectivity index (χ3v) is 3.87. The Bertz CT molecular complexity index is 558. The molecule has 2 N–H and O–H groups in total. The number of carbonyl (C=O) groups is 2. The minimum atomic E-state index is -0.514. The molecule has 1 heterocycles. The van der Waals surface area contributed by atoms with Crippen molar-refractivity contribution in [1.29, 1.82) is 0 Å². The molecular formula is C16H23N3O4. The van der Waals surface area contributed by atoms with Gasteiger partial charge in [0.15, 0.2) is 0 Å². The minimum absolute atomic E-state index is 0.0832. The van der Waals surface area contributed by atoms with E-state index < -0.39 is 6.04 Å². The standard InChI is InChI=1S/C16H23N3O4/c1-11(17)15(20)18-4-6-19(7-5-18)16(21)12-8-13(22-2)10-14(9-12)23-3/h8-11H,4-7,17H2,1-3H3. The number of piperazine rings is 1. The number of amides is 2. The van der Waals surface area contributed by atoms with Crippen molar-refractivity contribution < 1.29 is 19.1 Å². The first kappa shape index (κ1) is 17.1. The molecule has 1 aliphatic heterocycles. The predicted molar refractivity (Wildman–Crippen MR) is 85.7 cm³/mol. The van der Waals surface area contributed by atoms with Gasteiger partial charge >= 0.3 is 0 Å². The van der Waals surface area contributed by atoms with Crippen molar-refractivity contribution in [2.24, 2.45) is 5.73 Å². The predicted octanol–water partition coefficient (Wildman–Crippen LogP) is 0.335. The van der Waals surface area contributed by atoms with Crippen LogP contribution in [0.2, 0.25) is 0 Å². The molecule has 1 fully saturated rings. The summed E-state index contributed by atoms with van der Waals surface area (Å²) >= 11 is 0. The average Bonchev–Trinajstić information content (AvgIpc) is 2.59. The summed E-state index contributed by atoms with van der Waals surface area (Å²) in [7, 11) is 3.09. The number of methoxy groups -OCH3 is 2. The topological polar surface area (TPSA) is 85.1 Å². The van der Waals surface area contributed by atoms with Gasteiger partial charge in [-0.15, -0.1) is 0 Å². The lowest BCUT2D eigenvalue weighted by molar-refractivity contribution is -0.133. The second-order valence-electron chi connectivity index (χ2n) is 5.51. The van der Waals surface area contributed by atoms with Gasteiger partial charge in [0.1, 0.15) is 11.5 Å². The van der Waals surface area contributed by atoms with Crippen LogP contribution in [0.25, 0.3) is 0 Å². The van der Waals surface area contributed by atoms with E-state index in [2.05, 4.69) is 0 Å². The molecule has 0 bridgehead atoms. The molecule has 0 radical (unpaired) electrons. The summed E-state index contributed by atoms with van der Waals surface area (Å²) in [5.74, 6) is 0.951. The van der Waals surface area contributed by atoms with Crippen LogP contribution in [0.15, 0.2) is 18.2 Å². The van der Waals surface area contributed by atoms with E-state index in [1.54, 1.807) is 49.1 Å². The molecule has 2 rings (SSSR count). The molecular weight excluding hydrogens is 298 g/mol. The first-order valence-electron chi connectivity index (χ1n) is 7.53. The molecule has 0 aliphatic carbocycles. The van der Waals surface area contributed by atoms with E-state index in [4.69, 9.17) is 15.2 Å². The maximum absolute atomic E-state index is 12.6. The molecule has 7 heteroatoms. The number of nitrogens with two attached hydrogens (primary N) is 1. The molecule has 0 spiro atoms. The summed E-state index contributed by atoms with van der Waals surface area (Å²) in [6.07, 6.45) is 0. The molecule has 126 valence electrons. The zero-order chi connectivity index (χ0) is 17.0. The van der Waals surface area contributed by atoms with Gasteiger partial charge in [0.2, 0.25) is 5.91 Å². The quantitative estimate of drug-likeness (QED) is 0.864. The first-order valence-corrected chi connectivity index (χ1v) is 7.53. The molecule has 1 saturated heterocycles. The maximum atomic E-state index is 12.6. The lowest BCUT2D eigenvalue weighted by atomic mass is 10.1. The van der Waals surface area contributed by atoms with Gasteiger partial charge in [-0.05, 0) is 19.1 Å². The number of ether oxygens (including phenoxy) is 2. The number of benzene rings is 1. The zero-order valence-electron chi connectivity index (χ0n) is 13.7. The maximum Gasteiger partial charge on any atom is 0.254 e. The molecule has 1 aromatic carbocycles. The van der Waals surface area contributed by atoms with E-state index in [1.807, 2.05) is 0 Å². The molecule has 1 aromatic rings. The van der Waals surface area contributed by atoms with E-state index in [0.717, 1.165) is 0 Å². The molecule has 23 heavy (non-hydrogen) atoms. The fraction of sp³-hybridized carbons (Fsp3) is 0.500. The number of rotatable bonds is 4. The van der Waals surface area contributed by atoms with Gasteiger partial charge in [-0.1, -0.05) is 0 Å². The zero-order valence-corrected chi connectivity index (χ0v) is 13.7. The van der Waals surface area contributed by atoms with Crippen LogP contribution in [-0.4, -0.2) is 68.1 Å². The monoisotopic (exact) mass is 321 g/mol. The van der Waals surface area contributed by atoms with Crippen molar-refractivity contribution in [3.63, 3.8) is 0 Å². The number of carbonyl (C=O) groups excluding carboxylic acids is 2. The van der Waals surface area contributed by atoms with E-state index in [0.29, 0.717) is 43.2 Å². The SMILES string of the molecule is COc1cc(OC)cc(C(=O)N2CCN(C(=O)C(C)N)CC2)c1. The van der Waals surface area contributed by atoms with Gasteiger partial charge < -0.3 is 25.0 Å².